The highest BCUT2D eigenvalue weighted by atomic mass is 16.6. The molecule has 2 saturated heterocycles. The zero-order valence-corrected chi connectivity index (χ0v) is 12.7. The van der Waals surface area contributed by atoms with Crippen LogP contribution in [0.25, 0.3) is 0 Å². The Bertz CT molecular complexity index is 497. The lowest BCUT2D eigenvalue weighted by atomic mass is 9.72. The van der Waals surface area contributed by atoms with E-state index in [-0.39, 0.29) is 18.1 Å². The fourth-order valence-corrected chi connectivity index (χ4v) is 4.60. The SMILES string of the molecule is CCC1CC2OC2C(CC2CC3OC3CC2C)=C1C(=O)O. The molecule has 0 bridgehead atoms. The molecule has 4 rings (SSSR count). The van der Waals surface area contributed by atoms with Gasteiger partial charge in [0.15, 0.2) is 0 Å². The Labute approximate surface area is 125 Å². The summed E-state index contributed by atoms with van der Waals surface area (Å²) in [6, 6.07) is 0. The summed E-state index contributed by atoms with van der Waals surface area (Å²) in [5, 5.41) is 9.66. The molecule has 2 aliphatic carbocycles. The summed E-state index contributed by atoms with van der Waals surface area (Å²) in [5.74, 6) is 0.619. The fourth-order valence-electron chi connectivity index (χ4n) is 4.60. The van der Waals surface area contributed by atoms with Crippen LogP contribution in [0.1, 0.15) is 46.0 Å². The van der Waals surface area contributed by atoms with Crippen molar-refractivity contribution in [3.05, 3.63) is 11.1 Å². The average molecular weight is 292 g/mol. The molecule has 0 aromatic rings. The molecular weight excluding hydrogens is 268 g/mol. The molecule has 21 heavy (non-hydrogen) atoms. The number of carboxylic acids is 1. The summed E-state index contributed by atoms with van der Waals surface area (Å²) in [6.45, 7) is 4.37. The van der Waals surface area contributed by atoms with E-state index in [2.05, 4.69) is 13.8 Å². The van der Waals surface area contributed by atoms with Crippen molar-refractivity contribution < 1.29 is 19.4 Å². The first kappa shape index (κ1) is 13.8. The number of carbonyl (C=O) groups is 1. The standard InChI is InChI=1S/C17H24O4/c1-3-9-6-14-16(21-14)11(15(9)17(18)19)5-10-7-13-12(20-13)4-8(10)2/h8-10,12-14,16H,3-7H2,1-2H3,(H,18,19). The van der Waals surface area contributed by atoms with E-state index in [4.69, 9.17) is 9.47 Å². The number of rotatable bonds is 4. The number of carboxylic acid groups (broad SMARTS) is 1. The summed E-state index contributed by atoms with van der Waals surface area (Å²) in [6.07, 6.45) is 6.23. The van der Waals surface area contributed by atoms with Crippen molar-refractivity contribution in [3.63, 3.8) is 0 Å². The number of epoxide rings is 2. The molecule has 2 heterocycles. The van der Waals surface area contributed by atoms with Crippen LogP contribution in [0, 0.1) is 17.8 Å². The minimum atomic E-state index is -0.727. The zero-order valence-electron chi connectivity index (χ0n) is 12.7. The first-order valence-electron chi connectivity index (χ1n) is 8.35. The van der Waals surface area contributed by atoms with E-state index in [1.165, 1.54) is 0 Å². The molecule has 7 unspecified atom stereocenters. The van der Waals surface area contributed by atoms with Crippen LogP contribution in [0.15, 0.2) is 11.1 Å². The van der Waals surface area contributed by atoms with Gasteiger partial charge < -0.3 is 14.6 Å². The quantitative estimate of drug-likeness (QED) is 0.809. The number of fused-ring (bicyclic) bond motifs is 2. The van der Waals surface area contributed by atoms with Crippen molar-refractivity contribution in [2.75, 3.05) is 0 Å². The second-order valence-corrected chi connectivity index (χ2v) is 7.31. The molecule has 0 aromatic heterocycles. The smallest absolute Gasteiger partial charge is 0.331 e. The average Bonchev–Trinajstić information content (AvgIpc) is 3.32. The van der Waals surface area contributed by atoms with Crippen LogP contribution in [0.5, 0.6) is 0 Å². The Morgan fingerprint density at radius 2 is 1.95 bits per heavy atom. The lowest BCUT2D eigenvalue weighted by Crippen LogP contribution is -2.28. The van der Waals surface area contributed by atoms with Gasteiger partial charge in [0.25, 0.3) is 0 Å². The molecule has 1 saturated carbocycles. The van der Waals surface area contributed by atoms with Gasteiger partial charge in [-0.05, 0) is 55.4 Å². The number of hydrogen-bond acceptors (Lipinski definition) is 3. The molecule has 7 atom stereocenters. The van der Waals surface area contributed by atoms with Crippen LogP contribution in [0.4, 0.5) is 0 Å². The minimum absolute atomic E-state index is 0.101. The Balaban J connectivity index is 1.59. The van der Waals surface area contributed by atoms with Crippen LogP contribution >= 0.6 is 0 Å². The number of ether oxygens (including phenoxy) is 2. The van der Waals surface area contributed by atoms with Crippen molar-refractivity contribution in [1.29, 1.82) is 0 Å². The summed E-state index contributed by atoms with van der Waals surface area (Å²) < 4.78 is 11.4. The highest BCUT2D eigenvalue weighted by molar-refractivity contribution is 5.89. The summed E-state index contributed by atoms with van der Waals surface area (Å²) in [5.41, 5.74) is 1.77. The lowest BCUT2D eigenvalue weighted by Gasteiger charge is -2.30. The third-order valence-electron chi connectivity index (χ3n) is 6.03. The third-order valence-corrected chi connectivity index (χ3v) is 6.03. The highest BCUT2D eigenvalue weighted by Gasteiger charge is 2.52. The second-order valence-electron chi connectivity index (χ2n) is 7.31. The highest BCUT2D eigenvalue weighted by Crippen LogP contribution is 2.50. The van der Waals surface area contributed by atoms with E-state index in [0.29, 0.717) is 29.6 Å². The predicted octanol–water partition coefficient (Wildman–Crippen LogP) is 2.77. The normalized spacial score (nSPS) is 47.6. The Morgan fingerprint density at radius 1 is 1.19 bits per heavy atom. The van der Waals surface area contributed by atoms with Crippen LogP contribution in [0.2, 0.25) is 0 Å². The number of aliphatic carboxylic acids is 1. The molecule has 3 fully saturated rings. The monoisotopic (exact) mass is 292 g/mol. The van der Waals surface area contributed by atoms with Gasteiger partial charge in [0.05, 0.1) is 18.3 Å². The van der Waals surface area contributed by atoms with E-state index >= 15 is 0 Å². The van der Waals surface area contributed by atoms with Crippen LogP contribution in [0.3, 0.4) is 0 Å². The summed E-state index contributed by atoms with van der Waals surface area (Å²) in [4.78, 5) is 11.8. The van der Waals surface area contributed by atoms with Crippen LogP contribution < -0.4 is 0 Å². The molecule has 1 N–H and O–H groups in total. The summed E-state index contributed by atoms with van der Waals surface area (Å²) >= 11 is 0. The molecule has 4 nitrogen and oxygen atoms in total. The molecule has 0 aromatic carbocycles. The van der Waals surface area contributed by atoms with Gasteiger partial charge in [-0.25, -0.2) is 4.79 Å². The van der Waals surface area contributed by atoms with Gasteiger partial charge in [-0.1, -0.05) is 13.8 Å². The maximum absolute atomic E-state index is 11.8. The van der Waals surface area contributed by atoms with Gasteiger partial charge in [-0.15, -0.1) is 0 Å². The molecule has 0 spiro atoms. The van der Waals surface area contributed by atoms with Crippen LogP contribution in [-0.4, -0.2) is 35.5 Å². The third kappa shape index (κ3) is 2.33. The molecule has 4 aliphatic rings. The maximum Gasteiger partial charge on any atom is 0.331 e. The largest absolute Gasteiger partial charge is 0.478 e. The molecule has 2 aliphatic heterocycles. The zero-order chi connectivity index (χ0) is 14.7. The van der Waals surface area contributed by atoms with Crippen molar-refractivity contribution in [3.8, 4) is 0 Å². The lowest BCUT2D eigenvalue weighted by molar-refractivity contribution is -0.133. The van der Waals surface area contributed by atoms with Gasteiger partial charge in [0.2, 0.25) is 0 Å². The van der Waals surface area contributed by atoms with Crippen molar-refractivity contribution in [2.45, 2.75) is 70.4 Å². The van der Waals surface area contributed by atoms with Crippen molar-refractivity contribution in [2.24, 2.45) is 17.8 Å². The van der Waals surface area contributed by atoms with Gasteiger partial charge in [-0.3, -0.25) is 0 Å². The molecule has 116 valence electrons. The Morgan fingerprint density at radius 3 is 2.67 bits per heavy atom. The van der Waals surface area contributed by atoms with E-state index in [9.17, 15) is 9.90 Å². The van der Waals surface area contributed by atoms with E-state index in [0.717, 1.165) is 37.7 Å². The fraction of sp³-hybridized carbons (Fsp3) is 0.824. The predicted molar refractivity (Wildman–Crippen MR) is 76.9 cm³/mol. The molecule has 0 amide bonds. The van der Waals surface area contributed by atoms with E-state index in [1.54, 1.807) is 0 Å². The summed E-state index contributed by atoms with van der Waals surface area (Å²) in [7, 11) is 0. The van der Waals surface area contributed by atoms with Crippen molar-refractivity contribution >= 4 is 5.97 Å². The van der Waals surface area contributed by atoms with E-state index < -0.39 is 5.97 Å². The topological polar surface area (TPSA) is 62.4 Å². The number of hydrogen-bond donors (Lipinski definition) is 1. The Hall–Kier alpha value is -0.870. The van der Waals surface area contributed by atoms with Gasteiger partial charge >= 0.3 is 5.97 Å². The van der Waals surface area contributed by atoms with Crippen LogP contribution in [-0.2, 0) is 14.3 Å². The van der Waals surface area contributed by atoms with E-state index in [1.807, 2.05) is 0 Å². The maximum atomic E-state index is 11.8. The minimum Gasteiger partial charge on any atom is -0.478 e. The first-order chi connectivity index (χ1) is 10.1. The molecular formula is C17H24O4. The van der Waals surface area contributed by atoms with Gasteiger partial charge in [0, 0.05) is 5.57 Å². The van der Waals surface area contributed by atoms with Gasteiger partial charge in [0.1, 0.15) is 6.10 Å². The van der Waals surface area contributed by atoms with Crippen molar-refractivity contribution in [1.82, 2.24) is 0 Å². The first-order valence-corrected chi connectivity index (χ1v) is 8.35. The molecule has 4 heteroatoms. The molecule has 0 radical (unpaired) electrons. The Kier molecular flexibility index (Phi) is 3.16. The second kappa shape index (κ2) is 4.82. The van der Waals surface area contributed by atoms with Gasteiger partial charge in [-0.2, -0.15) is 0 Å².